The van der Waals surface area contributed by atoms with Crippen molar-refractivity contribution in [3.05, 3.63) is 58.1 Å². The van der Waals surface area contributed by atoms with Crippen LogP contribution in [0, 0.1) is 5.92 Å². The van der Waals surface area contributed by atoms with E-state index in [1.165, 1.54) is 29.6 Å². The summed E-state index contributed by atoms with van der Waals surface area (Å²) in [5.74, 6) is -0.176. The highest BCUT2D eigenvalue weighted by atomic mass is 35.5. The molecule has 6 nitrogen and oxygen atoms in total. The molecule has 2 aromatic rings. The van der Waals surface area contributed by atoms with Crippen LogP contribution < -0.4 is 10.1 Å². The summed E-state index contributed by atoms with van der Waals surface area (Å²) < 4.78 is 32.6. The van der Waals surface area contributed by atoms with E-state index in [9.17, 15) is 13.2 Å². The summed E-state index contributed by atoms with van der Waals surface area (Å²) in [6.45, 7) is 2.38. The molecule has 0 bridgehead atoms. The molecule has 0 aromatic heterocycles. The molecular weight excluding hydrogens is 447 g/mol. The lowest BCUT2D eigenvalue weighted by Crippen LogP contribution is -2.45. The van der Waals surface area contributed by atoms with E-state index in [2.05, 4.69) is 5.32 Å². The van der Waals surface area contributed by atoms with E-state index in [-0.39, 0.29) is 28.4 Å². The fraction of sp³-hybridized carbons (Fsp3) is 0.381. The lowest BCUT2D eigenvalue weighted by molar-refractivity contribution is -0.126. The molecule has 1 heterocycles. The van der Waals surface area contributed by atoms with Crippen LogP contribution in [0.4, 0.5) is 0 Å². The first-order chi connectivity index (χ1) is 14.2. The van der Waals surface area contributed by atoms with Crippen LogP contribution >= 0.6 is 23.2 Å². The third kappa shape index (κ3) is 5.09. The van der Waals surface area contributed by atoms with E-state index in [4.69, 9.17) is 27.9 Å². The van der Waals surface area contributed by atoms with Gasteiger partial charge in [-0.25, -0.2) is 8.42 Å². The van der Waals surface area contributed by atoms with Crippen molar-refractivity contribution in [1.82, 2.24) is 9.62 Å². The Bertz CT molecular complexity index is 1010. The molecule has 1 saturated heterocycles. The average Bonchev–Trinajstić information content (AvgIpc) is 2.74. The van der Waals surface area contributed by atoms with Crippen LogP contribution in [-0.2, 0) is 14.8 Å². The second-order valence-corrected chi connectivity index (χ2v) is 10.1. The van der Waals surface area contributed by atoms with Gasteiger partial charge in [0.05, 0.1) is 29.0 Å². The standard InChI is InChI=1S/C21H24Cl2N2O4S/c1-14(15-5-7-17(22)8-6-15)24-21(26)16-4-3-11-25(13-16)30(27,28)18-9-10-20(29-2)19(23)12-18/h5-10,12,14,16H,3-4,11,13H2,1-2H3,(H,24,26)/t14-,16-/m1/s1. The number of hydrogen-bond acceptors (Lipinski definition) is 4. The van der Waals surface area contributed by atoms with Gasteiger partial charge in [0.15, 0.2) is 0 Å². The predicted molar refractivity (Wildman–Crippen MR) is 117 cm³/mol. The van der Waals surface area contributed by atoms with Gasteiger partial charge in [0.2, 0.25) is 15.9 Å². The summed E-state index contributed by atoms with van der Waals surface area (Å²) in [5.41, 5.74) is 0.931. The average molecular weight is 471 g/mol. The van der Waals surface area contributed by atoms with Crippen LogP contribution in [0.2, 0.25) is 10.0 Å². The number of halogens is 2. The van der Waals surface area contributed by atoms with Crippen molar-refractivity contribution >= 4 is 39.1 Å². The van der Waals surface area contributed by atoms with Gasteiger partial charge in [-0.15, -0.1) is 0 Å². The molecule has 1 amide bonds. The molecule has 9 heteroatoms. The van der Waals surface area contributed by atoms with Gasteiger partial charge >= 0.3 is 0 Å². The minimum absolute atomic E-state index is 0.0869. The number of carbonyl (C=O) groups excluding carboxylic acids is 1. The maximum absolute atomic E-state index is 13.1. The Hall–Kier alpha value is -1.80. The topological polar surface area (TPSA) is 75.7 Å². The minimum atomic E-state index is -3.76. The Balaban J connectivity index is 1.70. The van der Waals surface area contributed by atoms with E-state index >= 15 is 0 Å². The number of amides is 1. The summed E-state index contributed by atoms with van der Waals surface area (Å²) in [5, 5.41) is 3.83. The molecule has 2 aromatic carbocycles. The fourth-order valence-electron chi connectivity index (χ4n) is 3.50. The monoisotopic (exact) mass is 470 g/mol. The Labute approximate surface area is 187 Å². The summed E-state index contributed by atoms with van der Waals surface area (Å²) in [6, 6.07) is 11.4. The molecule has 2 atom stereocenters. The van der Waals surface area contributed by atoms with Crippen LogP contribution in [0.1, 0.15) is 31.4 Å². The molecule has 162 valence electrons. The van der Waals surface area contributed by atoms with Crippen molar-refractivity contribution in [3.63, 3.8) is 0 Å². The van der Waals surface area contributed by atoms with Crippen LogP contribution in [0.15, 0.2) is 47.4 Å². The summed E-state index contributed by atoms with van der Waals surface area (Å²) in [7, 11) is -2.30. The number of nitrogens with one attached hydrogen (secondary N) is 1. The molecule has 30 heavy (non-hydrogen) atoms. The minimum Gasteiger partial charge on any atom is -0.495 e. The quantitative estimate of drug-likeness (QED) is 0.683. The van der Waals surface area contributed by atoms with Crippen molar-refractivity contribution < 1.29 is 17.9 Å². The zero-order chi connectivity index (χ0) is 21.9. The number of carbonyl (C=O) groups is 1. The number of benzene rings is 2. The Kier molecular flexibility index (Phi) is 7.29. The maximum Gasteiger partial charge on any atom is 0.243 e. The molecule has 0 radical (unpaired) electrons. The third-order valence-electron chi connectivity index (χ3n) is 5.24. The first-order valence-corrected chi connectivity index (χ1v) is 11.8. The van der Waals surface area contributed by atoms with Crippen molar-refractivity contribution in [2.75, 3.05) is 20.2 Å². The second kappa shape index (κ2) is 9.56. The van der Waals surface area contributed by atoms with E-state index < -0.39 is 15.9 Å². The molecule has 0 saturated carbocycles. The van der Waals surface area contributed by atoms with Gasteiger partial charge in [-0.1, -0.05) is 35.3 Å². The smallest absolute Gasteiger partial charge is 0.243 e. The van der Waals surface area contributed by atoms with Crippen molar-refractivity contribution in [1.29, 1.82) is 0 Å². The number of methoxy groups -OCH3 is 1. The van der Waals surface area contributed by atoms with Crippen LogP contribution in [-0.4, -0.2) is 38.8 Å². The van der Waals surface area contributed by atoms with E-state index in [1.807, 2.05) is 19.1 Å². The Morgan fingerprint density at radius 2 is 1.90 bits per heavy atom. The van der Waals surface area contributed by atoms with Crippen molar-refractivity contribution in [3.8, 4) is 5.75 Å². The highest BCUT2D eigenvalue weighted by Crippen LogP contribution is 2.30. The number of nitrogens with zero attached hydrogens (tertiary/aromatic N) is 1. The molecule has 1 aliphatic rings. The van der Waals surface area contributed by atoms with Gasteiger partial charge < -0.3 is 10.1 Å². The fourth-order valence-corrected chi connectivity index (χ4v) is 5.50. The lowest BCUT2D eigenvalue weighted by atomic mass is 9.98. The molecular formula is C21H24Cl2N2O4S. The number of hydrogen-bond donors (Lipinski definition) is 1. The highest BCUT2D eigenvalue weighted by Gasteiger charge is 2.34. The SMILES string of the molecule is COc1ccc(S(=O)(=O)N2CCC[C@@H](C(=O)N[C@H](C)c3ccc(Cl)cc3)C2)cc1Cl. The molecule has 1 fully saturated rings. The molecule has 0 aliphatic carbocycles. The molecule has 0 spiro atoms. The van der Waals surface area contributed by atoms with E-state index in [0.29, 0.717) is 30.2 Å². The summed E-state index contributed by atoms with van der Waals surface area (Å²) >= 11 is 12.0. The Morgan fingerprint density at radius 1 is 1.20 bits per heavy atom. The number of piperidine rings is 1. The number of rotatable bonds is 6. The molecule has 1 N–H and O–H groups in total. The highest BCUT2D eigenvalue weighted by molar-refractivity contribution is 7.89. The predicted octanol–water partition coefficient (Wildman–Crippen LogP) is 4.28. The number of sulfonamides is 1. The van der Waals surface area contributed by atoms with E-state index in [0.717, 1.165) is 5.56 Å². The maximum atomic E-state index is 13.1. The van der Waals surface area contributed by atoms with Gasteiger partial charge in [-0.05, 0) is 55.7 Å². The first-order valence-electron chi connectivity index (χ1n) is 9.62. The van der Waals surface area contributed by atoms with Crippen LogP contribution in [0.5, 0.6) is 5.75 Å². The van der Waals surface area contributed by atoms with Gasteiger partial charge in [0, 0.05) is 18.1 Å². The van der Waals surface area contributed by atoms with Crippen molar-refractivity contribution in [2.24, 2.45) is 5.92 Å². The molecule has 0 unspecified atom stereocenters. The normalized spacial score (nSPS) is 18.6. The summed E-state index contributed by atoms with van der Waals surface area (Å²) in [6.07, 6.45) is 1.24. The van der Waals surface area contributed by atoms with Crippen LogP contribution in [0.3, 0.4) is 0 Å². The zero-order valence-electron chi connectivity index (χ0n) is 16.8. The van der Waals surface area contributed by atoms with Gasteiger partial charge in [-0.3, -0.25) is 4.79 Å². The van der Waals surface area contributed by atoms with Crippen LogP contribution in [0.25, 0.3) is 0 Å². The van der Waals surface area contributed by atoms with Gasteiger partial charge in [0.1, 0.15) is 5.75 Å². The van der Waals surface area contributed by atoms with Crippen molar-refractivity contribution in [2.45, 2.75) is 30.7 Å². The molecule has 1 aliphatic heterocycles. The largest absolute Gasteiger partial charge is 0.495 e. The number of ether oxygens (including phenoxy) is 1. The van der Waals surface area contributed by atoms with Gasteiger partial charge in [0.25, 0.3) is 0 Å². The van der Waals surface area contributed by atoms with E-state index in [1.54, 1.807) is 12.1 Å². The lowest BCUT2D eigenvalue weighted by Gasteiger charge is -2.32. The first kappa shape index (κ1) is 22.9. The third-order valence-corrected chi connectivity index (χ3v) is 7.65. The van der Waals surface area contributed by atoms with Gasteiger partial charge in [-0.2, -0.15) is 4.31 Å². The molecule has 3 rings (SSSR count). The summed E-state index contributed by atoms with van der Waals surface area (Å²) in [4.78, 5) is 12.9. The second-order valence-electron chi connectivity index (χ2n) is 7.28. The zero-order valence-corrected chi connectivity index (χ0v) is 19.1. The Morgan fingerprint density at radius 3 is 2.53 bits per heavy atom.